The number of hydrogen-bond acceptors (Lipinski definition) is 3. The minimum Gasteiger partial charge on any atom is -0.483 e. The van der Waals surface area contributed by atoms with Crippen molar-refractivity contribution in [2.24, 2.45) is 0 Å². The van der Waals surface area contributed by atoms with E-state index in [1.54, 1.807) is 44.4 Å². The van der Waals surface area contributed by atoms with E-state index in [0.29, 0.717) is 17.0 Å². The van der Waals surface area contributed by atoms with E-state index in [9.17, 15) is 9.59 Å². The summed E-state index contributed by atoms with van der Waals surface area (Å²) in [6.07, 6.45) is 0. The number of hydrogen-bond donors (Lipinski definition) is 1. The molecule has 0 fully saturated rings. The van der Waals surface area contributed by atoms with Crippen LogP contribution in [0, 0.1) is 6.92 Å². The van der Waals surface area contributed by atoms with Crippen molar-refractivity contribution in [2.45, 2.75) is 6.92 Å². The van der Waals surface area contributed by atoms with Gasteiger partial charge in [0.25, 0.3) is 11.8 Å². The molecule has 0 saturated heterocycles. The summed E-state index contributed by atoms with van der Waals surface area (Å²) >= 11 is 3.40. The second-order valence-electron chi connectivity index (χ2n) is 5.52. The molecular formula is C18H19BrN2O3. The molecule has 2 aromatic carbocycles. The van der Waals surface area contributed by atoms with E-state index in [1.165, 1.54) is 4.90 Å². The van der Waals surface area contributed by atoms with Gasteiger partial charge in [0.05, 0.1) is 15.7 Å². The second kappa shape index (κ2) is 7.97. The second-order valence-corrected chi connectivity index (χ2v) is 6.37. The number of nitrogens with zero attached hydrogens (tertiary/aromatic N) is 1. The average Bonchev–Trinajstić information content (AvgIpc) is 2.53. The summed E-state index contributed by atoms with van der Waals surface area (Å²) in [5, 5.41) is 2.72. The Balaban J connectivity index is 2.04. The third-order valence-electron chi connectivity index (χ3n) is 3.28. The highest BCUT2D eigenvalue weighted by Gasteiger charge is 2.15. The summed E-state index contributed by atoms with van der Waals surface area (Å²) in [4.78, 5) is 25.7. The minimum atomic E-state index is -0.332. The van der Waals surface area contributed by atoms with Crippen molar-refractivity contribution in [1.29, 1.82) is 0 Å². The molecule has 2 amide bonds. The number of amides is 2. The lowest BCUT2D eigenvalue weighted by molar-refractivity contribution is -0.118. The van der Waals surface area contributed by atoms with Gasteiger partial charge in [0.2, 0.25) is 0 Å². The Labute approximate surface area is 149 Å². The van der Waals surface area contributed by atoms with E-state index >= 15 is 0 Å². The predicted octanol–water partition coefficient (Wildman–Crippen LogP) is 3.48. The van der Waals surface area contributed by atoms with Crippen LogP contribution in [0.3, 0.4) is 0 Å². The lowest BCUT2D eigenvalue weighted by atomic mass is 10.1. The quantitative estimate of drug-likeness (QED) is 0.849. The predicted molar refractivity (Wildman–Crippen MR) is 97.5 cm³/mol. The molecule has 24 heavy (non-hydrogen) atoms. The molecule has 0 heterocycles. The Morgan fingerprint density at radius 3 is 2.54 bits per heavy atom. The highest BCUT2D eigenvalue weighted by Crippen LogP contribution is 2.25. The standard InChI is InChI=1S/C18H19BrN2O3/c1-12-8-9-16(14(19)10-12)24-11-17(22)20-15-7-5-4-6-13(15)18(23)21(2)3/h4-10H,11H2,1-3H3,(H,20,22). The van der Waals surface area contributed by atoms with Gasteiger partial charge in [-0.25, -0.2) is 0 Å². The topological polar surface area (TPSA) is 58.6 Å². The molecule has 0 radical (unpaired) electrons. The summed E-state index contributed by atoms with van der Waals surface area (Å²) in [5.41, 5.74) is 2.00. The van der Waals surface area contributed by atoms with Gasteiger partial charge in [-0.1, -0.05) is 18.2 Å². The van der Waals surface area contributed by atoms with Crippen LogP contribution in [0.25, 0.3) is 0 Å². The normalized spacial score (nSPS) is 10.2. The highest BCUT2D eigenvalue weighted by atomic mass is 79.9. The van der Waals surface area contributed by atoms with E-state index in [4.69, 9.17) is 4.74 Å². The first-order valence-corrected chi connectivity index (χ1v) is 8.17. The number of halogens is 1. The molecule has 0 unspecified atom stereocenters. The van der Waals surface area contributed by atoms with E-state index < -0.39 is 0 Å². The van der Waals surface area contributed by atoms with Crippen LogP contribution >= 0.6 is 15.9 Å². The molecule has 0 aliphatic carbocycles. The van der Waals surface area contributed by atoms with Gasteiger partial charge in [0.15, 0.2) is 6.61 Å². The number of nitrogens with one attached hydrogen (secondary N) is 1. The van der Waals surface area contributed by atoms with Crippen molar-refractivity contribution in [1.82, 2.24) is 4.90 Å². The number of aryl methyl sites for hydroxylation is 1. The Bertz CT molecular complexity index is 760. The van der Waals surface area contributed by atoms with Gasteiger partial charge in [-0.05, 0) is 52.7 Å². The van der Waals surface area contributed by atoms with Crippen LogP contribution in [0.4, 0.5) is 5.69 Å². The number of carbonyl (C=O) groups excluding carboxylic acids is 2. The molecule has 6 heteroatoms. The van der Waals surface area contributed by atoms with Crippen molar-refractivity contribution in [3.8, 4) is 5.75 Å². The van der Waals surface area contributed by atoms with Crippen molar-refractivity contribution in [3.05, 3.63) is 58.1 Å². The fourth-order valence-electron chi connectivity index (χ4n) is 2.07. The van der Waals surface area contributed by atoms with Gasteiger partial charge in [0, 0.05) is 14.1 Å². The zero-order valence-electron chi connectivity index (χ0n) is 13.8. The largest absolute Gasteiger partial charge is 0.483 e. The molecule has 0 bridgehead atoms. The summed E-state index contributed by atoms with van der Waals surface area (Å²) in [7, 11) is 3.33. The van der Waals surface area contributed by atoms with Crippen LogP contribution < -0.4 is 10.1 Å². The van der Waals surface area contributed by atoms with E-state index in [1.807, 2.05) is 19.1 Å². The molecule has 126 valence electrons. The number of rotatable bonds is 5. The van der Waals surface area contributed by atoms with Crippen LogP contribution in [-0.2, 0) is 4.79 Å². The van der Waals surface area contributed by atoms with Crippen LogP contribution in [-0.4, -0.2) is 37.4 Å². The number of benzene rings is 2. The van der Waals surface area contributed by atoms with Gasteiger partial charge in [-0.3, -0.25) is 9.59 Å². The van der Waals surface area contributed by atoms with E-state index in [-0.39, 0.29) is 18.4 Å². The Kier molecular flexibility index (Phi) is 5.98. The molecule has 2 rings (SSSR count). The third-order valence-corrected chi connectivity index (χ3v) is 3.90. The Hall–Kier alpha value is -2.34. The molecule has 1 N–H and O–H groups in total. The smallest absolute Gasteiger partial charge is 0.262 e. The molecular weight excluding hydrogens is 372 g/mol. The maximum absolute atomic E-state index is 12.1. The Morgan fingerprint density at radius 1 is 1.17 bits per heavy atom. The molecule has 0 aromatic heterocycles. The fourth-order valence-corrected chi connectivity index (χ4v) is 2.68. The van der Waals surface area contributed by atoms with Crippen LogP contribution in [0.5, 0.6) is 5.75 Å². The zero-order valence-corrected chi connectivity index (χ0v) is 15.4. The summed E-state index contributed by atoms with van der Waals surface area (Å²) in [6.45, 7) is 1.83. The highest BCUT2D eigenvalue weighted by molar-refractivity contribution is 9.10. The molecule has 0 atom stereocenters. The fraction of sp³-hybridized carbons (Fsp3) is 0.222. The lowest BCUT2D eigenvalue weighted by Gasteiger charge is -2.15. The van der Waals surface area contributed by atoms with Crippen molar-refractivity contribution < 1.29 is 14.3 Å². The first-order chi connectivity index (χ1) is 11.4. The van der Waals surface area contributed by atoms with Gasteiger partial charge < -0.3 is 15.0 Å². The zero-order chi connectivity index (χ0) is 17.7. The van der Waals surface area contributed by atoms with Crippen LogP contribution in [0.1, 0.15) is 15.9 Å². The number of ether oxygens (including phenoxy) is 1. The average molecular weight is 391 g/mol. The summed E-state index contributed by atoms with van der Waals surface area (Å²) in [6, 6.07) is 12.5. The van der Waals surface area contributed by atoms with Gasteiger partial charge in [-0.2, -0.15) is 0 Å². The maximum Gasteiger partial charge on any atom is 0.262 e. The molecule has 5 nitrogen and oxygen atoms in total. The van der Waals surface area contributed by atoms with Gasteiger partial charge in [-0.15, -0.1) is 0 Å². The van der Waals surface area contributed by atoms with Crippen molar-refractivity contribution in [3.63, 3.8) is 0 Å². The molecule has 2 aromatic rings. The number of para-hydroxylation sites is 1. The molecule has 0 saturated carbocycles. The lowest BCUT2D eigenvalue weighted by Crippen LogP contribution is -2.25. The number of carbonyl (C=O) groups is 2. The first kappa shape index (κ1) is 18.0. The minimum absolute atomic E-state index is 0.147. The number of anilines is 1. The molecule has 0 spiro atoms. The van der Waals surface area contributed by atoms with Gasteiger partial charge in [0.1, 0.15) is 5.75 Å². The van der Waals surface area contributed by atoms with Crippen molar-refractivity contribution in [2.75, 3.05) is 26.0 Å². The van der Waals surface area contributed by atoms with Crippen LogP contribution in [0.15, 0.2) is 46.9 Å². The molecule has 0 aliphatic heterocycles. The SMILES string of the molecule is Cc1ccc(OCC(=O)Nc2ccccc2C(=O)N(C)C)c(Br)c1. The van der Waals surface area contributed by atoms with Crippen molar-refractivity contribution >= 4 is 33.4 Å². The van der Waals surface area contributed by atoms with Gasteiger partial charge >= 0.3 is 0 Å². The third kappa shape index (κ3) is 4.58. The van der Waals surface area contributed by atoms with E-state index in [2.05, 4.69) is 21.2 Å². The monoisotopic (exact) mass is 390 g/mol. The molecule has 0 aliphatic rings. The maximum atomic E-state index is 12.1. The first-order valence-electron chi connectivity index (χ1n) is 7.38. The summed E-state index contributed by atoms with van der Waals surface area (Å²) < 4.78 is 6.31. The Morgan fingerprint density at radius 2 is 1.88 bits per heavy atom. The summed E-state index contributed by atoms with van der Waals surface area (Å²) in [5.74, 6) is 0.0861. The van der Waals surface area contributed by atoms with Crippen LogP contribution in [0.2, 0.25) is 0 Å². The van der Waals surface area contributed by atoms with E-state index in [0.717, 1.165) is 10.0 Å².